The molecule has 0 atom stereocenters. The molecule has 1 N–H and O–H groups in total. The van der Waals surface area contributed by atoms with E-state index >= 15 is 0 Å². The molecule has 5 heteroatoms. The third-order valence-corrected chi connectivity index (χ3v) is 4.14. The molecule has 1 amide bonds. The Hall–Kier alpha value is -2.17. The highest BCUT2D eigenvalue weighted by Gasteiger charge is 2.07. The number of nitro benzene ring substituents is 1. The molecule has 0 unspecified atom stereocenters. The Kier molecular flexibility index (Phi) is 10.2. The first-order chi connectivity index (χ1) is 12.0. The fraction of sp³-hybridized carbons (Fsp3) is 0.550. The van der Waals surface area contributed by atoms with Gasteiger partial charge in [0.15, 0.2) is 0 Å². The quantitative estimate of drug-likeness (QED) is 0.243. The van der Waals surface area contributed by atoms with Gasteiger partial charge >= 0.3 is 0 Å². The Morgan fingerprint density at radius 3 is 2.40 bits per heavy atom. The number of hydrogen-bond donors (Lipinski definition) is 1. The van der Waals surface area contributed by atoms with Crippen LogP contribution in [-0.4, -0.2) is 17.4 Å². The second-order valence-corrected chi connectivity index (χ2v) is 6.41. The highest BCUT2D eigenvalue weighted by Crippen LogP contribution is 2.15. The minimum absolute atomic E-state index is 0.0286. The van der Waals surface area contributed by atoms with Crippen LogP contribution in [0.5, 0.6) is 0 Å². The summed E-state index contributed by atoms with van der Waals surface area (Å²) in [6.45, 7) is 4.62. The van der Waals surface area contributed by atoms with Gasteiger partial charge in [0.05, 0.1) is 4.92 Å². The molecule has 0 aliphatic rings. The molecule has 0 saturated carbocycles. The van der Waals surface area contributed by atoms with Crippen molar-refractivity contribution in [2.24, 2.45) is 0 Å². The van der Waals surface area contributed by atoms with Crippen molar-refractivity contribution in [1.82, 2.24) is 5.32 Å². The van der Waals surface area contributed by atoms with Crippen molar-refractivity contribution in [3.8, 4) is 0 Å². The van der Waals surface area contributed by atoms with Gasteiger partial charge in [-0.25, -0.2) is 0 Å². The van der Waals surface area contributed by atoms with Gasteiger partial charge in [-0.3, -0.25) is 14.9 Å². The fourth-order valence-corrected chi connectivity index (χ4v) is 2.64. The zero-order valence-electron chi connectivity index (χ0n) is 15.4. The van der Waals surface area contributed by atoms with Crippen LogP contribution < -0.4 is 5.32 Å². The molecule has 0 fully saturated rings. The van der Waals surface area contributed by atoms with Crippen molar-refractivity contribution in [2.75, 3.05) is 6.54 Å². The summed E-state index contributed by atoms with van der Waals surface area (Å²) in [4.78, 5) is 22.4. The van der Waals surface area contributed by atoms with E-state index in [0.717, 1.165) is 12.8 Å². The smallest absolute Gasteiger partial charge is 0.270 e. The number of carbonyl (C=O) groups excluding carboxylic acids is 1. The van der Waals surface area contributed by atoms with Crippen LogP contribution in [0.15, 0.2) is 29.8 Å². The molecule has 0 heterocycles. The zero-order valence-corrected chi connectivity index (χ0v) is 15.4. The summed E-state index contributed by atoms with van der Waals surface area (Å²) >= 11 is 0. The molecular weight excluding hydrogens is 316 g/mol. The molecule has 1 rings (SSSR count). The van der Waals surface area contributed by atoms with Gasteiger partial charge in [-0.1, -0.05) is 64.0 Å². The van der Waals surface area contributed by atoms with Gasteiger partial charge in [-0.2, -0.15) is 0 Å². The summed E-state index contributed by atoms with van der Waals surface area (Å²) in [7, 11) is 0. The molecule has 25 heavy (non-hydrogen) atoms. The standard InChI is InChI=1S/C20H30N2O3/c1-3-4-5-6-7-8-9-10-14-21-20(23)17(2)15-18-12-11-13-19(16-18)22(24)25/h11-13,15-16H,3-10,14H2,1-2H3,(H,21,23)/b17-15+. The molecule has 1 aromatic carbocycles. The van der Waals surface area contributed by atoms with Gasteiger partial charge in [0.1, 0.15) is 0 Å². The number of benzene rings is 1. The predicted octanol–water partition coefficient (Wildman–Crippen LogP) is 5.26. The van der Waals surface area contributed by atoms with Gasteiger partial charge in [0.2, 0.25) is 5.91 Å². The summed E-state index contributed by atoms with van der Waals surface area (Å²) in [5.74, 6) is -0.116. The van der Waals surface area contributed by atoms with Crippen molar-refractivity contribution in [2.45, 2.75) is 65.2 Å². The molecule has 1 aromatic rings. The lowest BCUT2D eigenvalue weighted by atomic mass is 10.1. The van der Waals surface area contributed by atoms with Crippen LogP contribution in [0.4, 0.5) is 5.69 Å². The summed E-state index contributed by atoms with van der Waals surface area (Å²) in [6, 6.07) is 6.28. The van der Waals surface area contributed by atoms with Crippen molar-refractivity contribution in [3.05, 3.63) is 45.5 Å². The monoisotopic (exact) mass is 346 g/mol. The summed E-state index contributed by atoms with van der Waals surface area (Å²) in [6.07, 6.45) is 11.5. The van der Waals surface area contributed by atoms with E-state index in [4.69, 9.17) is 0 Å². The van der Waals surface area contributed by atoms with E-state index in [1.165, 1.54) is 50.7 Å². The third-order valence-electron chi connectivity index (χ3n) is 4.14. The molecular formula is C20H30N2O3. The number of nitrogens with one attached hydrogen (secondary N) is 1. The SMILES string of the molecule is CCCCCCCCCCNC(=O)/C(C)=C/c1cccc([N+](=O)[O-])c1. The lowest BCUT2D eigenvalue weighted by Crippen LogP contribution is -2.25. The van der Waals surface area contributed by atoms with Crippen molar-refractivity contribution < 1.29 is 9.72 Å². The maximum Gasteiger partial charge on any atom is 0.270 e. The first-order valence-corrected chi connectivity index (χ1v) is 9.25. The number of unbranched alkanes of at least 4 members (excludes halogenated alkanes) is 7. The fourth-order valence-electron chi connectivity index (χ4n) is 2.64. The largest absolute Gasteiger partial charge is 0.352 e. The number of hydrogen-bond acceptors (Lipinski definition) is 3. The van der Waals surface area contributed by atoms with E-state index in [1.54, 1.807) is 25.1 Å². The van der Waals surface area contributed by atoms with Crippen LogP contribution in [-0.2, 0) is 4.79 Å². The van der Waals surface area contributed by atoms with E-state index in [9.17, 15) is 14.9 Å². The van der Waals surface area contributed by atoms with Crippen molar-refractivity contribution >= 4 is 17.7 Å². The summed E-state index contributed by atoms with van der Waals surface area (Å²) < 4.78 is 0. The van der Waals surface area contributed by atoms with Crippen LogP contribution in [0, 0.1) is 10.1 Å². The maximum atomic E-state index is 12.1. The highest BCUT2D eigenvalue weighted by molar-refractivity contribution is 5.97. The van der Waals surface area contributed by atoms with Crippen molar-refractivity contribution in [3.63, 3.8) is 0 Å². The highest BCUT2D eigenvalue weighted by atomic mass is 16.6. The molecule has 0 bridgehead atoms. The molecule has 0 aromatic heterocycles. The lowest BCUT2D eigenvalue weighted by Gasteiger charge is -2.06. The van der Waals surface area contributed by atoms with E-state index in [-0.39, 0.29) is 11.6 Å². The molecule has 0 aliphatic heterocycles. The number of rotatable bonds is 12. The Bertz CT molecular complexity index is 582. The molecule has 0 radical (unpaired) electrons. The van der Waals surface area contributed by atoms with Crippen LogP contribution >= 0.6 is 0 Å². The van der Waals surface area contributed by atoms with Gasteiger partial charge in [0, 0.05) is 24.3 Å². The first kappa shape index (κ1) is 20.9. The van der Waals surface area contributed by atoms with Gasteiger partial charge in [-0.05, 0) is 25.0 Å². The third kappa shape index (κ3) is 9.03. The zero-order chi connectivity index (χ0) is 18.5. The molecule has 0 aliphatic carbocycles. The Morgan fingerprint density at radius 1 is 1.12 bits per heavy atom. The van der Waals surface area contributed by atoms with Gasteiger partial charge < -0.3 is 5.32 Å². The predicted molar refractivity (Wildman–Crippen MR) is 102 cm³/mol. The number of non-ortho nitro benzene ring substituents is 1. The normalized spacial score (nSPS) is 11.4. The lowest BCUT2D eigenvalue weighted by molar-refractivity contribution is -0.384. The van der Waals surface area contributed by atoms with Crippen LogP contribution in [0.25, 0.3) is 6.08 Å². The summed E-state index contributed by atoms with van der Waals surface area (Å²) in [5.41, 5.74) is 1.25. The molecule has 0 saturated heterocycles. The molecule has 138 valence electrons. The topological polar surface area (TPSA) is 72.2 Å². The number of carbonyl (C=O) groups is 1. The number of nitro groups is 1. The average Bonchev–Trinajstić information content (AvgIpc) is 2.60. The molecule has 5 nitrogen and oxygen atoms in total. The van der Waals surface area contributed by atoms with Gasteiger partial charge in [0.25, 0.3) is 5.69 Å². The van der Waals surface area contributed by atoms with E-state index in [0.29, 0.717) is 17.7 Å². The number of nitrogens with zero attached hydrogens (tertiary/aromatic N) is 1. The van der Waals surface area contributed by atoms with Crippen LogP contribution in [0.1, 0.15) is 70.8 Å². The van der Waals surface area contributed by atoms with E-state index in [2.05, 4.69) is 12.2 Å². The summed E-state index contributed by atoms with van der Waals surface area (Å²) in [5, 5.41) is 13.7. The molecule has 0 spiro atoms. The minimum atomic E-state index is -0.436. The van der Waals surface area contributed by atoms with Crippen molar-refractivity contribution in [1.29, 1.82) is 0 Å². The second-order valence-electron chi connectivity index (χ2n) is 6.41. The minimum Gasteiger partial charge on any atom is -0.352 e. The van der Waals surface area contributed by atoms with E-state index < -0.39 is 4.92 Å². The van der Waals surface area contributed by atoms with Crippen LogP contribution in [0.2, 0.25) is 0 Å². The first-order valence-electron chi connectivity index (χ1n) is 9.25. The number of amides is 1. The Balaban J connectivity index is 2.28. The maximum absolute atomic E-state index is 12.1. The second kappa shape index (κ2) is 12.2. The van der Waals surface area contributed by atoms with Gasteiger partial charge in [-0.15, -0.1) is 0 Å². The Morgan fingerprint density at radius 2 is 1.76 bits per heavy atom. The average molecular weight is 346 g/mol. The van der Waals surface area contributed by atoms with Crippen LogP contribution in [0.3, 0.4) is 0 Å². The van der Waals surface area contributed by atoms with E-state index in [1.807, 2.05) is 0 Å². The Labute approximate surface area is 150 Å².